The Morgan fingerprint density at radius 2 is 2.05 bits per heavy atom. The van der Waals surface area contributed by atoms with E-state index in [0.717, 1.165) is 29.5 Å². The van der Waals surface area contributed by atoms with Crippen LogP contribution in [0.4, 0.5) is 4.39 Å². The molecule has 1 heterocycles. The molecule has 3 rings (SSSR count). The average molecular weight is 349 g/mol. The number of hydrogen-bond donors (Lipinski definition) is 1. The lowest BCUT2D eigenvalue weighted by Crippen LogP contribution is -2.38. The quantitative estimate of drug-likeness (QED) is 0.917. The summed E-state index contributed by atoms with van der Waals surface area (Å²) in [4.78, 5) is 2.38. The van der Waals surface area contributed by atoms with Crippen molar-refractivity contribution in [2.24, 2.45) is 5.73 Å². The summed E-state index contributed by atoms with van der Waals surface area (Å²) in [5.74, 6) is -0.218. The first kappa shape index (κ1) is 14.7. The molecule has 4 heteroatoms. The Labute approximate surface area is 132 Å². The zero-order valence-corrected chi connectivity index (χ0v) is 13.3. The van der Waals surface area contributed by atoms with E-state index in [1.165, 1.54) is 23.3 Å². The van der Waals surface area contributed by atoms with Crippen molar-refractivity contribution in [3.05, 3.63) is 69.4 Å². The first-order valence-electron chi connectivity index (χ1n) is 7.15. The van der Waals surface area contributed by atoms with Crippen LogP contribution >= 0.6 is 15.9 Å². The number of benzene rings is 2. The fraction of sp³-hybridized carbons (Fsp3) is 0.294. The van der Waals surface area contributed by atoms with E-state index in [9.17, 15) is 4.39 Å². The Balaban J connectivity index is 1.86. The van der Waals surface area contributed by atoms with Crippen LogP contribution in [0.5, 0.6) is 0 Å². The summed E-state index contributed by atoms with van der Waals surface area (Å²) >= 11 is 3.45. The molecule has 1 atom stereocenters. The molecule has 2 nitrogen and oxygen atoms in total. The molecule has 0 saturated heterocycles. The van der Waals surface area contributed by atoms with Gasteiger partial charge >= 0.3 is 0 Å². The highest BCUT2D eigenvalue weighted by molar-refractivity contribution is 9.10. The predicted octanol–water partition coefficient (Wildman–Crippen LogP) is 3.65. The minimum atomic E-state index is -0.218. The first-order valence-corrected chi connectivity index (χ1v) is 7.94. The Bertz CT molecular complexity index is 644. The summed E-state index contributed by atoms with van der Waals surface area (Å²) in [7, 11) is 0. The predicted molar refractivity (Wildman–Crippen MR) is 86.5 cm³/mol. The Morgan fingerprint density at radius 3 is 2.81 bits per heavy atom. The molecule has 0 fully saturated rings. The lowest BCUT2D eigenvalue weighted by molar-refractivity contribution is 0.180. The molecule has 0 aliphatic carbocycles. The van der Waals surface area contributed by atoms with Crippen LogP contribution in [-0.4, -0.2) is 18.0 Å². The lowest BCUT2D eigenvalue weighted by Gasteiger charge is -2.37. The van der Waals surface area contributed by atoms with E-state index in [4.69, 9.17) is 5.73 Å². The van der Waals surface area contributed by atoms with Crippen molar-refractivity contribution >= 4 is 15.9 Å². The molecule has 2 aromatic rings. The van der Waals surface area contributed by atoms with Gasteiger partial charge in [-0.2, -0.15) is 0 Å². The standard InChI is InChI=1S/C17H18BrFN2/c18-16-9-14(19)6-5-13(16)11-21-8-7-12-3-1-2-4-15(12)17(21)10-20/h1-6,9,17H,7-8,10-11,20H2. The fourth-order valence-electron chi connectivity index (χ4n) is 3.04. The number of hydrogen-bond acceptors (Lipinski definition) is 2. The topological polar surface area (TPSA) is 29.3 Å². The molecule has 0 bridgehead atoms. The molecular formula is C17H18BrFN2. The van der Waals surface area contributed by atoms with Gasteiger partial charge in [0.15, 0.2) is 0 Å². The van der Waals surface area contributed by atoms with Gasteiger partial charge in [-0.3, -0.25) is 4.90 Å². The van der Waals surface area contributed by atoms with E-state index in [1.807, 2.05) is 6.07 Å². The smallest absolute Gasteiger partial charge is 0.124 e. The van der Waals surface area contributed by atoms with Crippen LogP contribution in [0, 0.1) is 5.82 Å². The van der Waals surface area contributed by atoms with Crippen LogP contribution in [0.25, 0.3) is 0 Å². The molecule has 0 radical (unpaired) electrons. The van der Waals surface area contributed by atoms with Crippen LogP contribution in [-0.2, 0) is 13.0 Å². The average Bonchev–Trinajstić information content (AvgIpc) is 2.49. The van der Waals surface area contributed by atoms with Gasteiger partial charge in [-0.05, 0) is 35.2 Å². The molecule has 110 valence electrons. The zero-order valence-electron chi connectivity index (χ0n) is 11.7. The first-order chi connectivity index (χ1) is 10.2. The molecule has 1 unspecified atom stereocenters. The fourth-order valence-corrected chi connectivity index (χ4v) is 3.51. The van der Waals surface area contributed by atoms with Gasteiger partial charge in [0.1, 0.15) is 5.82 Å². The summed E-state index contributed by atoms with van der Waals surface area (Å²) in [5.41, 5.74) is 9.82. The summed E-state index contributed by atoms with van der Waals surface area (Å²) < 4.78 is 14.0. The number of halogens is 2. The molecule has 0 amide bonds. The van der Waals surface area contributed by atoms with E-state index >= 15 is 0 Å². The third-order valence-electron chi connectivity index (χ3n) is 4.14. The molecule has 21 heavy (non-hydrogen) atoms. The number of rotatable bonds is 3. The monoisotopic (exact) mass is 348 g/mol. The van der Waals surface area contributed by atoms with Crippen LogP contribution in [0.1, 0.15) is 22.7 Å². The van der Waals surface area contributed by atoms with E-state index in [-0.39, 0.29) is 11.9 Å². The van der Waals surface area contributed by atoms with Gasteiger partial charge in [0.2, 0.25) is 0 Å². The number of nitrogens with two attached hydrogens (primary N) is 1. The third-order valence-corrected chi connectivity index (χ3v) is 4.87. The molecule has 0 aromatic heterocycles. The van der Waals surface area contributed by atoms with Gasteiger partial charge in [-0.15, -0.1) is 0 Å². The van der Waals surface area contributed by atoms with Crippen LogP contribution in [0.15, 0.2) is 46.9 Å². The van der Waals surface area contributed by atoms with Gasteiger partial charge in [0.25, 0.3) is 0 Å². The van der Waals surface area contributed by atoms with Crippen LogP contribution in [0.2, 0.25) is 0 Å². The maximum Gasteiger partial charge on any atom is 0.124 e. The van der Waals surface area contributed by atoms with Crippen LogP contribution < -0.4 is 5.73 Å². The molecule has 0 saturated carbocycles. The van der Waals surface area contributed by atoms with Gasteiger partial charge < -0.3 is 5.73 Å². The molecule has 2 aromatic carbocycles. The van der Waals surface area contributed by atoms with Crippen molar-refractivity contribution < 1.29 is 4.39 Å². The lowest BCUT2D eigenvalue weighted by atomic mass is 9.92. The third kappa shape index (κ3) is 3.03. The highest BCUT2D eigenvalue weighted by atomic mass is 79.9. The van der Waals surface area contributed by atoms with Crippen molar-refractivity contribution in [2.45, 2.75) is 19.0 Å². The van der Waals surface area contributed by atoms with Crippen molar-refractivity contribution in [3.8, 4) is 0 Å². The highest BCUT2D eigenvalue weighted by Gasteiger charge is 2.26. The second-order valence-electron chi connectivity index (χ2n) is 5.41. The molecule has 1 aliphatic rings. The minimum Gasteiger partial charge on any atom is -0.329 e. The Kier molecular flexibility index (Phi) is 4.38. The van der Waals surface area contributed by atoms with Gasteiger partial charge in [0.05, 0.1) is 0 Å². The maximum absolute atomic E-state index is 13.2. The van der Waals surface area contributed by atoms with Crippen LogP contribution in [0.3, 0.4) is 0 Å². The SMILES string of the molecule is NCC1c2ccccc2CCN1Cc1ccc(F)cc1Br. The summed E-state index contributed by atoms with van der Waals surface area (Å²) in [6.45, 7) is 2.34. The second kappa shape index (κ2) is 6.26. The summed E-state index contributed by atoms with van der Waals surface area (Å²) in [6, 6.07) is 13.6. The van der Waals surface area contributed by atoms with Crippen molar-refractivity contribution in [1.29, 1.82) is 0 Å². The summed E-state index contributed by atoms with van der Waals surface area (Å²) in [5, 5.41) is 0. The molecular weight excluding hydrogens is 331 g/mol. The molecule has 2 N–H and O–H groups in total. The highest BCUT2D eigenvalue weighted by Crippen LogP contribution is 2.31. The minimum absolute atomic E-state index is 0.218. The van der Waals surface area contributed by atoms with Gasteiger partial charge in [-0.1, -0.05) is 46.3 Å². The Morgan fingerprint density at radius 1 is 1.24 bits per heavy atom. The second-order valence-corrected chi connectivity index (χ2v) is 6.26. The van der Waals surface area contributed by atoms with Crippen molar-refractivity contribution in [1.82, 2.24) is 4.90 Å². The molecule has 1 aliphatic heterocycles. The van der Waals surface area contributed by atoms with E-state index in [1.54, 1.807) is 0 Å². The van der Waals surface area contributed by atoms with E-state index in [0.29, 0.717) is 6.54 Å². The van der Waals surface area contributed by atoms with Crippen molar-refractivity contribution in [2.75, 3.05) is 13.1 Å². The molecule has 0 spiro atoms. The van der Waals surface area contributed by atoms with Gasteiger partial charge in [-0.25, -0.2) is 4.39 Å². The van der Waals surface area contributed by atoms with Crippen molar-refractivity contribution in [3.63, 3.8) is 0 Å². The number of fused-ring (bicyclic) bond motifs is 1. The largest absolute Gasteiger partial charge is 0.329 e. The van der Waals surface area contributed by atoms with E-state index in [2.05, 4.69) is 45.1 Å². The normalized spacial score (nSPS) is 18.5. The van der Waals surface area contributed by atoms with Gasteiger partial charge in [0, 0.05) is 30.1 Å². The zero-order chi connectivity index (χ0) is 14.8. The summed E-state index contributed by atoms with van der Waals surface area (Å²) in [6.07, 6.45) is 1.03. The number of nitrogens with zero attached hydrogens (tertiary/aromatic N) is 1. The van der Waals surface area contributed by atoms with E-state index < -0.39 is 0 Å². The maximum atomic E-state index is 13.2. The Hall–Kier alpha value is -1.23.